The van der Waals surface area contributed by atoms with E-state index in [0.29, 0.717) is 11.4 Å². The summed E-state index contributed by atoms with van der Waals surface area (Å²) in [6.45, 7) is 0. The molecule has 1 aliphatic rings. The zero-order chi connectivity index (χ0) is 11.7. The molecule has 0 aliphatic heterocycles. The van der Waals surface area contributed by atoms with E-state index in [9.17, 15) is 4.79 Å². The number of hydrogen-bond donors (Lipinski definition) is 0. The van der Waals surface area contributed by atoms with Gasteiger partial charge < -0.3 is 9.64 Å². The minimum absolute atomic E-state index is 0.117. The van der Waals surface area contributed by atoms with Gasteiger partial charge in [-0.1, -0.05) is 0 Å². The molecule has 0 unspecified atom stereocenters. The Bertz CT molecular complexity index is 416. The third-order valence-electron chi connectivity index (χ3n) is 2.27. The van der Waals surface area contributed by atoms with E-state index in [1.54, 1.807) is 20.3 Å². The molecular weight excluding hydrogens is 319 g/mol. The van der Waals surface area contributed by atoms with Gasteiger partial charge in [0.2, 0.25) is 0 Å². The topological polar surface area (TPSA) is 42.4 Å². The summed E-state index contributed by atoms with van der Waals surface area (Å²) >= 11 is 2.17. The summed E-state index contributed by atoms with van der Waals surface area (Å²) < 4.78 is 6.68. The van der Waals surface area contributed by atoms with E-state index in [0.717, 1.165) is 16.4 Å². The van der Waals surface area contributed by atoms with Crippen LogP contribution in [0.3, 0.4) is 0 Å². The van der Waals surface area contributed by atoms with Gasteiger partial charge in [0.15, 0.2) is 11.4 Å². The van der Waals surface area contributed by atoms with Crippen molar-refractivity contribution in [2.24, 2.45) is 0 Å². The molecule has 1 saturated carbocycles. The molecule has 0 spiro atoms. The molecule has 1 heterocycles. The van der Waals surface area contributed by atoms with Gasteiger partial charge in [-0.3, -0.25) is 4.79 Å². The van der Waals surface area contributed by atoms with Crippen molar-refractivity contribution in [2.45, 2.75) is 18.9 Å². The highest BCUT2D eigenvalue weighted by Gasteiger charge is 2.28. The smallest absolute Gasteiger partial charge is 0.275 e. The number of nitrogens with zero attached hydrogens (tertiary/aromatic N) is 2. The second-order valence-corrected chi connectivity index (χ2v) is 5.15. The molecule has 0 atom stereocenters. The van der Waals surface area contributed by atoms with Crippen molar-refractivity contribution in [1.82, 2.24) is 9.88 Å². The summed E-state index contributed by atoms with van der Waals surface area (Å²) in [6, 6.07) is 1.85. The zero-order valence-electron chi connectivity index (χ0n) is 9.24. The van der Waals surface area contributed by atoms with Crippen LogP contribution in [0.2, 0.25) is 0 Å². The minimum Gasteiger partial charge on any atom is -0.487 e. The van der Waals surface area contributed by atoms with Gasteiger partial charge in [0.25, 0.3) is 5.91 Å². The highest BCUT2D eigenvalue weighted by molar-refractivity contribution is 14.1. The first-order valence-electron chi connectivity index (χ1n) is 5.12. The summed E-state index contributed by atoms with van der Waals surface area (Å²) in [5.74, 6) is 0.512. The minimum atomic E-state index is -0.117. The molecule has 0 saturated heterocycles. The molecule has 0 N–H and O–H groups in total. The van der Waals surface area contributed by atoms with E-state index in [2.05, 4.69) is 27.6 Å². The number of ether oxygens (including phenoxy) is 1. The van der Waals surface area contributed by atoms with Crippen LogP contribution in [0.1, 0.15) is 23.3 Å². The molecule has 1 amide bonds. The number of aromatic nitrogens is 1. The van der Waals surface area contributed by atoms with E-state index in [1.807, 2.05) is 6.07 Å². The second-order valence-electron chi connectivity index (χ2n) is 3.99. The third-order valence-corrected chi connectivity index (χ3v) is 3.12. The number of rotatable bonds is 3. The fourth-order valence-corrected chi connectivity index (χ4v) is 1.80. The van der Waals surface area contributed by atoms with E-state index in [1.165, 1.54) is 4.90 Å². The highest BCUT2D eigenvalue weighted by Crippen LogP contribution is 2.32. The molecule has 1 aliphatic carbocycles. The Morgan fingerprint density at radius 3 is 2.81 bits per heavy atom. The average molecular weight is 332 g/mol. The first kappa shape index (κ1) is 11.6. The van der Waals surface area contributed by atoms with Gasteiger partial charge in [0.1, 0.15) is 0 Å². The van der Waals surface area contributed by atoms with Crippen LogP contribution in [0.4, 0.5) is 0 Å². The van der Waals surface area contributed by atoms with Crippen molar-refractivity contribution in [2.75, 3.05) is 14.1 Å². The van der Waals surface area contributed by atoms with Crippen LogP contribution in [-0.2, 0) is 0 Å². The lowest BCUT2D eigenvalue weighted by Gasteiger charge is -2.14. The van der Waals surface area contributed by atoms with E-state index in [4.69, 9.17) is 4.74 Å². The summed E-state index contributed by atoms with van der Waals surface area (Å²) in [5, 5.41) is 0. The van der Waals surface area contributed by atoms with Crippen LogP contribution in [0.5, 0.6) is 5.75 Å². The average Bonchev–Trinajstić information content (AvgIpc) is 3.03. The van der Waals surface area contributed by atoms with Gasteiger partial charge in [0, 0.05) is 20.3 Å². The first-order chi connectivity index (χ1) is 7.59. The molecule has 0 bridgehead atoms. The Balaban J connectivity index is 2.34. The SMILES string of the molecule is CN(C)C(=O)c1nccc(I)c1OC1CC1. The van der Waals surface area contributed by atoms with E-state index >= 15 is 0 Å². The zero-order valence-corrected chi connectivity index (χ0v) is 11.4. The summed E-state index contributed by atoms with van der Waals surface area (Å²) in [7, 11) is 3.43. The largest absolute Gasteiger partial charge is 0.487 e. The fraction of sp³-hybridized carbons (Fsp3) is 0.455. The van der Waals surface area contributed by atoms with E-state index < -0.39 is 0 Å². The number of halogens is 1. The molecule has 86 valence electrons. The molecule has 0 aromatic carbocycles. The lowest BCUT2D eigenvalue weighted by atomic mass is 10.3. The Labute approximate surface area is 108 Å². The Morgan fingerprint density at radius 2 is 2.25 bits per heavy atom. The van der Waals surface area contributed by atoms with Gasteiger partial charge in [-0.05, 0) is 41.5 Å². The number of hydrogen-bond acceptors (Lipinski definition) is 3. The molecule has 1 fully saturated rings. The van der Waals surface area contributed by atoms with Crippen molar-refractivity contribution >= 4 is 28.5 Å². The predicted octanol–water partition coefficient (Wildman–Crippen LogP) is 1.93. The van der Waals surface area contributed by atoms with Gasteiger partial charge in [0.05, 0.1) is 9.67 Å². The third kappa shape index (κ3) is 2.45. The molecule has 2 rings (SSSR count). The second kappa shape index (κ2) is 4.57. The molecule has 1 aromatic heterocycles. The Hall–Kier alpha value is -0.850. The maximum absolute atomic E-state index is 11.9. The molecule has 0 radical (unpaired) electrons. The molecule has 5 heteroatoms. The molecular formula is C11H13IN2O2. The van der Waals surface area contributed by atoms with Crippen molar-refractivity contribution in [1.29, 1.82) is 0 Å². The van der Waals surface area contributed by atoms with Gasteiger partial charge in [-0.25, -0.2) is 4.98 Å². The molecule has 4 nitrogen and oxygen atoms in total. The van der Waals surface area contributed by atoms with Crippen molar-refractivity contribution in [3.8, 4) is 5.75 Å². The normalized spacial score (nSPS) is 14.7. The summed E-state index contributed by atoms with van der Waals surface area (Å²) in [5.41, 5.74) is 0.406. The summed E-state index contributed by atoms with van der Waals surface area (Å²) in [6.07, 6.45) is 4.05. The number of pyridine rings is 1. The maximum atomic E-state index is 11.9. The lowest BCUT2D eigenvalue weighted by molar-refractivity contribution is 0.0816. The monoisotopic (exact) mass is 332 g/mol. The van der Waals surface area contributed by atoms with Crippen LogP contribution >= 0.6 is 22.6 Å². The lowest BCUT2D eigenvalue weighted by Crippen LogP contribution is -2.24. The molecule has 16 heavy (non-hydrogen) atoms. The first-order valence-corrected chi connectivity index (χ1v) is 6.20. The van der Waals surface area contributed by atoms with Crippen LogP contribution < -0.4 is 4.74 Å². The number of carbonyl (C=O) groups is 1. The standard InChI is InChI=1S/C11H13IN2O2/c1-14(2)11(15)9-10(16-7-3-4-7)8(12)5-6-13-9/h5-7H,3-4H2,1-2H3. The van der Waals surface area contributed by atoms with Crippen LogP contribution in [0.15, 0.2) is 12.3 Å². The Kier molecular flexibility index (Phi) is 3.32. The number of carbonyl (C=O) groups excluding carboxylic acids is 1. The maximum Gasteiger partial charge on any atom is 0.275 e. The van der Waals surface area contributed by atoms with Crippen molar-refractivity contribution in [3.63, 3.8) is 0 Å². The van der Waals surface area contributed by atoms with Gasteiger partial charge in [-0.2, -0.15) is 0 Å². The van der Waals surface area contributed by atoms with Crippen LogP contribution in [0.25, 0.3) is 0 Å². The van der Waals surface area contributed by atoms with Gasteiger partial charge >= 0.3 is 0 Å². The predicted molar refractivity (Wildman–Crippen MR) is 68.6 cm³/mol. The Morgan fingerprint density at radius 1 is 1.56 bits per heavy atom. The number of amides is 1. The fourth-order valence-electron chi connectivity index (χ4n) is 1.25. The van der Waals surface area contributed by atoms with E-state index in [-0.39, 0.29) is 12.0 Å². The molecule has 1 aromatic rings. The quantitative estimate of drug-likeness (QED) is 0.795. The van der Waals surface area contributed by atoms with Gasteiger partial charge in [-0.15, -0.1) is 0 Å². The van der Waals surface area contributed by atoms with Crippen molar-refractivity contribution < 1.29 is 9.53 Å². The summed E-state index contributed by atoms with van der Waals surface area (Å²) in [4.78, 5) is 17.5. The highest BCUT2D eigenvalue weighted by atomic mass is 127. The van der Waals surface area contributed by atoms with Crippen molar-refractivity contribution in [3.05, 3.63) is 21.5 Å². The van der Waals surface area contributed by atoms with Crippen LogP contribution in [-0.4, -0.2) is 36.0 Å². The van der Waals surface area contributed by atoms with Crippen LogP contribution in [0, 0.1) is 3.57 Å².